The van der Waals surface area contributed by atoms with Gasteiger partial charge in [-0.3, -0.25) is 9.59 Å². The van der Waals surface area contributed by atoms with E-state index in [4.69, 9.17) is 14.3 Å². The van der Waals surface area contributed by atoms with Crippen LogP contribution in [0.4, 0.5) is 0 Å². The molecule has 2 aliphatic heterocycles. The summed E-state index contributed by atoms with van der Waals surface area (Å²) in [5.74, 6) is 0.385. The van der Waals surface area contributed by atoms with Gasteiger partial charge in [-0.05, 0) is 36.1 Å². The summed E-state index contributed by atoms with van der Waals surface area (Å²) in [4.78, 5) is 38.9. The number of Topliss-reactive ketones (excluding diaryl/α,β-unsaturated/α-hetero) is 1. The molecular formula is C25H28N4O6. The first-order valence-corrected chi connectivity index (χ1v) is 11.8. The largest absolute Gasteiger partial charge is 0.394 e. The lowest BCUT2D eigenvalue weighted by atomic mass is 9.89. The zero-order valence-electron chi connectivity index (χ0n) is 19.5. The fourth-order valence-corrected chi connectivity index (χ4v) is 4.50. The maximum Gasteiger partial charge on any atom is 0.270 e. The van der Waals surface area contributed by atoms with E-state index in [-0.39, 0.29) is 42.3 Å². The number of aromatic nitrogens is 2. The quantitative estimate of drug-likeness (QED) is 0.627. The number of ether oxygens (including phenoxy) is 2. The Kier molecular flexibility index (Phi) is 6.85. The van der Waals surface area contributed by atoms with E-state index in [0.717, 1.165) is 17.5 Å². The second kappa shape index (κ2) is 10.2. The maximum atomic E-state index is 12.9. The van der Waals surface area contributed by atoms with E-state index >= 15 is 0 Å². The molecule has 10 heteroatoms. The van der Waals surface area contributed by atoms with E-state index in [1.807, 2.05) is 18.2 Å². The Bertz CT molecular complexity index is 1160. The average molecular weight is 481 g/mol. The zero-order valence-corrected chi connectivity index (χ0v) is 19.5. The predicted molar refractivity (Wildman–Crippen MR) is 124 cm³/mol. The van der Waals surface area contributed by atoms with Crippen molar-refractivity contribution in [1.29, 1.82) is 0 Å². The molecule has 2 aromatic rings. The normalized spacial score (nSPS) is 23.9. The van der Waals surface area contributed by atoms with Gasteiger partial charge in [0.1, 0.15) is 35.2 Å². The van der Waals surface area contributed by atoms with Crippen molar-refractivity contribution in [1.82, 2.24) is 15.3 Å². The molecule has 3 heterocycles. The first kappa shape index (κ1) is 23.5. The molecule has 0 unspecified atom stereocenters. The van der Waals surface area contributed by atoms with Gasteiger partial charge >= 0.3 is 0 Å². The Morgan fingerprint density at radius 2 is 2.00 bits per heavy atom. The highest BCUT2D eigenvalue weighted by Gasteiger charge is 2.35. The number of ketones is 1. The molecule has 0 spiro atoms. The minimum absolute atomic E-state index is 0.0861. The molecule has 3 aliphatic rings. The highest BCUT2D eigenvalue weighted by atomic mass is 16.7. The highest BCUT2D eigenvalue weighted by molar-refractivity contribution is 6.02. The van der Waals surface area contributed by atoms with Gasteiger partial charge in [-0.15, -0.1) is 0 Å². The number of amides is 1. The monoisotopic (exact) mass is 480 g/mol. The molecule has 35 heavy (non-hydrogen) atoms. The van der Waals surface area contributed by atoms with Crippen LogP contribution in [0, 0.1) is 6.92 Å². The van der Waals surface area contributed by atoms with E-state index in [1.165, 1.54) is 5.56 Å². The van der Waals surface area contributed by atoms with Gasteiger partial charge in [-0.2, -0.15) is 0 Å². The third-order valence-corrected chi connectivity index (χ3v) is 6.45. The van der Waals surface area contributed by atoms with Crippen molar-refractivity contribution >= 4 is 17.4 Å². The van der Waals surface area contributed by atoms with Crippen LogP contribution in [0.3, 0.4) is 0 Å². The lowest BCUT2D eigenvalue weighted by Crippen LogP contribution is -2.43. The van der Waals surface area contributed by atoms with Gasteiger partial charge in [-0.25, -0.2) is 9.97 Å². The van der Waals surface area contributed by atoms with Crippen molar-refractivity contribution in [3.63, 3.8) is 0 Å². The number of hydrogen-bond donors (Lipinski definition) is 2. The Morgan fingerprint density at radius 1 is 1.11 bits per heavy atom. The molecule has 0 radical (unpaired) electrons. The molecule has 1 fully saturated rings. The Balaban J connectivity index is 1.21. The number of aliphatic hydroxyl groups is 1. The average Bonchev–Trinajstić information content (AvgIpc) is 3.37. The number of nitrogens with zero attached hydrogens (tertiary/aromatic N) is 3. The van der Waals surface area contributed by atoms with Crippen molar-refractivity contribution in [3.8, 4) is 0 Å². The van der Waals surface area contributed by atoms with Gasteiger partial charge in [0.2, 0.25) is 0 Å². The van der Waals surface area contributed by atoms with E-state index < -0.39 is 0 Å². The first-order valence-electron chi connectivity index (χ1n) is 11.8. The van der Waals surface area contributed by atoms with Gasteiger partial charge in [-0.1, -0.05) is 23.4 Å². The van der Waals surface area contributed by atoms with Crippen LogP contribution in [0.5, 0.6) is 0 Å². The summed E-state index contributed by atoms with van der Waals surface area (Å²) in [7, 11) is 0. The van der Waals surface area contributed by atoms with Crippen LogP contribution in [0.25, 0.3) is 0 Å². The van der Waals surface area contributed by atoms with E-state index in [9.17, 15) is 14.7 Å². The fourth-order valence-electron chi connectivity index (χ4n) is 4.50. The minimum Gasteiger partial charge on any atom is -0.394 e. The van der Waals surface area contributed by atoms with Crippen molar-refractivity contribution < 1.29 is 29.0 Å². The maximum absolute atomic E-state index is 12.9. The molecule has 3 atom stereocenters. The summed E-state index contributed by atoms with van der Waals surface area (Å²) in [6, 6.07) is 7.62. The van der Waals surface area contributed by atoms with E-state index in [0.29, 0.717) is 56.3 Å². The van der Waals surface area contributed by atoms with Gasteiger partial charge in [0.15, 0.2) is 6.10 Å². The van der Waals surface area contributed by atoms with Crippen molar-refractivity contribution in [2.45, 2.75) is 57.5 Å². The topological polar surface area (TPSA) is 132 Å². The van der Waals surface area contributed by atoms with Crippen LogP contribution in [-0.4, -0.2) is 70.6 Å². The number of nitrogens with one attached hydrogen (secondary N) is 1. The van der Waals surface area contributed by atoms with E-state index in [1.54, 1.807) is 13.0 Å². The summed E-state index contributed by atoms with van der Waals surface area (Å²) in [5, 5.41) is 16.2. The third-order valence-electron chi connectivity index (χ3n) is 6.45. The summed E-state index contributed by atoms with van der Waals surface area (Å²) < 4.78 is 11.3. The number of aliphatic hydroxyl groups excluding tert-OH is 1. The number of oxime groups is 1. The number of aryl methyl sites for hydroxylation is 2. The standard InChI is InChI=1S/C25H28N4O6/c1-14-27-20(21-9-23(35-29-21)24-13-33-19(11-30)12-34-24)8-22(28-14)25(32)26-10-15-2-3-16-4-5-18(31)7-17(16)6-15/h2-3,6,8,19,23-24,30H,4-5,7,9-13H2,1H3,(H,26,32)/t19-,23-,24-/m1/s1. The van der Waals surface area contributed by atoms with E-state index in [2.05, 4.69) is 20.4 Å². The summed E-state index contributed by atoms with van der Waals surface area (Å²) in [6.07, 6.45) is 1.36. The highest BCUT2D eigenvalue weighted by Crippen LogP contribution is 2.23. The third kappa shape index (κ3) is 5.39. The molecule has 1 saturated heterocycles. The number of fused-ring (bicyclic) bond motifs is 1. The number of carbonyl (C=O) groups is 2. The van der Waals surface area contributed by atoms with Crippen LogP contribution < -0.4 is 5.32 Å². The molecule has 0 saturated carbocycles. The molecule has 1 aromatic heterocycles. The second-order valence-electron chi connectivity index (χ2n) is 9.08. The van der Waals surface area contributed by atoms with Gasteiger partial charge in [0.25, 0.3) is 5.91 Å². The Morgan fingerprint density at radius 3 is 2.80 bits per heavy atom. The first-order chi connectivity index (χ1) is 17.0. The van der Waals surface area contributed by atoms with Crippen LogP contribution in [0.2, 0.25) is 0 Å². The van der Waals surface area contributed by atoms with Gasteiger partial charge < -0.3 is 24.7 Å². The molecule has 2 N–H and O–H groups in total. The lowest BCUT2D eigenvalue weighted by molar-refractivity contribution is -0.178. The SMILES string of the molecule is Cc1nc(C(=O)NCc2ccc3c(c2)CC(=O)CC3)cc(C2=NO[C@@H]([C@H]3CO[C@H](CO)CO3)C2)n1. The van der Waals surface area contributed by atoms with Crippen LogP contribution in [-0.2, 0) is 38.5 Å². The van der Waals surface area contributed by atoms with Gasteiger partial charge in [0.05, 0.1) is 25.5 Å². The molecule has 10 nitrogen and oxygen atoms in total. The molecule has 184 valence electrons. The Hall–Kier alpha value is -3.21. The molecular weight excluding hydrogens is 452 g/mol. The van der Waals surface area contributed by atoms with Crippen LogP contribution in [0.15, 0.2) is 29.4 Å². The number of carbonyl (C=O) groups excluding carboxylic acids is 2. The summed E-state index contributed by atoms with van der Waals surface area (Å²) >= 11 is 0. The molecule has 1 amide bonds. The van der Waals surface area contributed by atoms with Crippen molar-refractivity contribution in [3.05, 3.63) is 58.2 Å². The smallest absolute Gasteiger partial charge is 0.270 e. The Labute approximate surface area is 202 Å². The second-order valence-corrected chi connectivity index (χ2v) is 9.08. The molecule has 5 rings (SSSR count). The van der Waals surface area contributed by atoms with Crippen molar-refractivity contribution in [2.75, 3.05) is 19.8 Å². The fraction of sp³-hybridized carbons (Fsp3) is 0.480. The predicted octanol–water partition coefficient (Wildman–Crippen LogP) is 1.04. The number of rotatable bonds is 6. The van der Waals surface area contributed by atoms with Gasteiger partial charge in [0, 0.05) is 25.8 Å². The molecule has 1 aromatic carbocycles. The number of benzene rings is 1. The lowest BCUT2D eigenvalue weighted by Gasteiger charge is -2.30. The number of hydrogen-bond acceptors (Lipinski definition) is 9. The summed E-state index contributed by atoms with van der Waals surface area (Å²) in [6.45, 7) is 2.58. The summed E-state index contributed by atoms with van der Waals surface area (Å²) in [5.41, 5.74) is 4.57. The molecule has 0 bridgehead atoms. The molecule has 1 aliphatic carbocycles. The van der Waals surface area contributed by atoms with Crippen LogP contribution in [0.1, 0.15) is 51.5 Å². The van der Waals surface area contributed by atoms with Crippen molar-refractivity contribution in [2.24, 2.45) is 5.16 Å². The zero-order chi connectivity index (χ0) is 24.4. The van der Waals surface area contributed by atoms with Crippen LogP contribution >= 0.6 is 0 Å². The minimum atomic E-state index is -0.326.